The molecule has 2 aromatic carbocycles. The van der Waals surface area contributed by atoms with Gasteiger partial charge in [-0.05, 0) is 54.7 Å². The number of amides is 2. The van der Waals surface area contributed by atoms with E-state index in [0.29, 0.717) is 22.3 Å². The van der Waals surface area contributed by atoms with Gasteiger partial charge in [0, 0.05) is 31.5 Å². The van der Waals surface area contributed by atoms with Crippen LogP contribution in [0, 0.1) is 0 Å². The zero-order chi connectivity index (χ0) is 17.8. The van der Waals surface area contributed by atoms with Gasteiger partial charge < -0.3 is 15.5 Å². The number of fused-ring (bicyclic) bond motifs is 1. The second-order valence-electron chi connectivity index (χ2n) is 6.25. The summed E-state index contributed by atoms with van der Waals surface area (Å²) in [6.07, 6.45) is 3.11. The van der Waals surface area contributed by atoms with Gasteiger partial charge in [0.05, 0.1) is 10.0 Å². The van der Waals surface area contributed by atoms with E-state index in [4.69, 9.17) is 23.2 Å². The van der Waals surface area contributed by atoms with Gasteiger partial charge in [0.1, 0.15) is 0 Å². The Morgan fingerprint density at radius 3 is 2.80 bits per heavy atom. The number of nitrogens with zero attached hydrogens (tertiary/aromatic N) is 1. The first-order valence-electron chi connectivity index (χ1n) is 8.36. The van der Waals surface area contributed by atoms with Gasteiger partial charge in [-0.1, -0.05) is 35.3 Å². The van der Waals surface area contributed by atoms with Crippen molar-refractivity contribution in [2.24, 2.45) is 0 Å². The van der Waals surface area contributed by atoms with Gasteiger partial charge in [-0.3, -0.25) is 0 Å². The highest BCUT2D eigenvalue weighted by Crippen LogP contribution is 2.27. The Balaban J connectivity index is 1.50. The summed E-state index contributed by atoms with van der Waals surface area (Å²) < 4.78 is 0. The zero-order valence-corrected chi connectivity index (χ0v) is 15.6. The molecule has 25 heavy (non-hydrogen) atoms. The lowest BCUT2D eigenvalue weighted by Gasteiger charge is -2.27. The minimum absolute atomic E-state index is 0.254. The Hall–Kier alpha value is -1.91. The molecule has 0 spiro atoms. The summed E-state index contributed by atoms with van der Waals surface area (Å²) in [5.74, 6) is 0. The number of nitrogens with one attached hydrogen (secondary N) is 2. The molecule has 132 valence electrons. The molecule has 3 rings (SSSR count). The predicted octanol–water partition coefficient (Wildman–Crippen LogP) is 4.74. The van der Waals surface area contributed by atoms with Crippen LogP contribution in [0.25, 0.3) is 0 Å². The molecule has 0 unspecified atom stereocenters. The van der Waals surface area contributed by atoms with Crippen LogP contribution in [0.2, 0.25) is 10.0 Å². The zero-order valence-electron chi connectivity index (χ0n) is 14.1. The van der Waals surface area contributed by atoms with E-state index in [1.54, 1.807) is 18.2 Å². The van der Waals surface area contributed by atoms with Crippen molar-refractivity contribution >= 4 is 40.6 Å². The second-order valence-corrected chi connectivity index (χ2v) is 7.06. The summed E-state index contributed by atoms with van der Waals surface area (Å²) in [6, 6.07) is 11.3. The lowest BCUT2D eigenvalue weighted by atomic mass is 9.98. The molecular formula is C19H21Cl2N3O. The average molecular weight is 378 g/mol. The quantitative estimate of drug-likeness (QED) is 0.807. The lowest BCUT2D eigenvalue weighted by molar-refractivity contribution is 0.252. The van der Waals surface area contributed by atoms with E-state index in [1.807, 2.05) is 0 Å². The fourth-order valence-electron chi connectivity index (χ4n) is 3.06. The summed E-state index contributed by atoms with van der Waals surface area (Å²) in [7, 11) is 2.13. The molecule has 0 atom stereocenters. The molecular weight excluding hydrogens is 357 g/mol. The number of halogens is 2. The Morgan fingerprint density at radius 1 is 1.16 bits per heavy atom. The number of aryl methyl sites for hydroxylation is 1. The molecule has 1 aliphatic heterocycles. The van der Waals surface area contributed by atoms with Gasteiger partial charge in [-0.25, -0.2) is 4.79 Å². The maximum atomic E-state index is 12.0. The van der Waals surface area contributed by atoms with Crippen LogP contribution in [-0.4, -0.2) is 26.2 Å². The molecule has 2 aromatic rings. The summed E-state index contributed by atoms with van der Waals surface area (Å²) in [5.41, 5.74) is 4.57. The molecule has 2 N–H and O–H groups in total. The maximum absolute atomic E-state index is 12.0. The Morgan fingerprint density at radius 2 is 2.00 bits per heavy atom. The molecule has 0 bridgehead atoms. The summed E-state index contributed by atoms with van der Waals surface area (Å²) in [5, 5.41) is 6.50. The summed E-state index contributed by atoms with van der Waals surface area (Å²) in [6.45, 7) is 1.69. The van der Waals surface area contributed by atoms with Crippen molar-refractivity contribution in [1.82, 2.24) is 5.32 Å². The molecule has 2 amide bonds. The number of urea groups is 1. The van der Waals surface area contributed by atoms with Crippen molar-refractivity contribution in [1.29, 1.82) is 0 Å². The van der Waals surface area contributed by atoms with Gasteiger partial charge in [0.2, 0.25) is 0 Å². The third kappa shape index (κ3) is 4.59. The van der Waals surface area contributed by atoms with Gasteiger partial charge >= 0.3 is 6.03 Å². The smallest absolute Gasteiger partial charge is 0.319 e. The maximum Gasteiger partial charge on any atom is 0.319 e. The van der Waals surface area contributed by atoms with Gasteiger partial charge in [-0.2, -0.15) is 0 Å². The first kappa shape index (κ1) is 17.9. The Bertz CT molecular complexity index is 779. The van der Waals surface area contributed by atoms with Gasteiger partial charge in [0.25, 0.3) is 0 Å². The number of rotatable bonds is 4. The number of benzene rings is 2. The van der Waals surface area contributed by atoms with Crippen LogP contribution in [0.1, 0.15) is 17.5 Å². The second kappa shape index (κ2) is 7.98. The van der Waals surface area contributed by atoms with E-state index in [0.717, 1.165) is 19.4 Å². The van der Waals surface area contributed by atoms with Gasteiger partial charge in [0.15, 0.2) is 0 Å². The van der Waals surface area contributed by atoms with Crippen LogP contribution in [0.5, 0.6) is 0 Å². The van der Waals surface area contributed by atoms with Crippen molar-refractivity contribution in [3.8, 4) is 0 Å². The minimum Gasteiger partial charge on any atom is -0.374 e. The lowest BCUT2D eigenvalue weighted by Crippen LogP contribution is -2.30. The number of hydrogen-bond acceptors (Lipinski definition) is 2. The SMILES string of the molecule is CN1CCCc2cc(CCNC(=O)Nc3ccc(Cl)c(Cl)c3)ccc21. The monoisotopic (exact) mass is 377 g/mol. The number of hydrogen-bond donors (Lipinski definition) is 2. The number of anilines is 2. The van der Waals surface area contributed by atoms with Crippen molar-refractivity contribution in [3.63, 3.8) is 0 Å². The van der Waals surface area contributed by atoms with E-state index < -0.39 is 0 Å². The highest BCUT2D eigenvalue weighted by Gasteiger charge is 2.13. The highest BCUT2D eigenvalue weighted by molar-refractivity contribution is 6.42. The molecule has 0 fully saturated rings. The van der Waals surface area contributed by atoms with Crippen LogP contribution >= 0.6 is 23.2 Å². The van der Waals surface area contributed by atoms with E-state index in [1.165, 1.54) is 23.2 Å². The fraction of sp³-hybridized carbons (Fsp3) is 0.316. The number of carbonyl (C=O) groups excluding carboxylic acids is 1. The topological polar surface area (TPSA) is 44.4 Å². The van der Waals surface area contributed by atoms with E-state index in [-0.39, 0.29) is 6.03 Å². The molecule has 0 radical (unpaired) electrons. The van der Waals surface area contributed by atoms with Crippen molar-refractivity contribution in [2.45, 2.75) is 19.3 Å². The third-order valence-electron chi connectivity index (χ3n) is 4.37. The Labute approximate surface area is 158 Å². The van der Waals surface area contributed by atoms with Crippen LogP contribution < -0.4 is 15.5 Å². The molecule has 0 saturated carbocycles. The van der Waals surface area contributed by atoms with Crippen LogP contribution in [0.15, 0.2) is 36.4 Å². The average Bonchev–Trinajstić information content (AvgIpc) is 2.58. The van der Waals surface area contributed by atoms with Crippen LogP contribution in [0.3, 0.4) is 0 Å². The van der Waals surface area contributed by atoms with E-state index >= 15 is 0 Å². The summed E-state index contributed by atoms with van der Waals surface area (Å²) >= 11 is 11.8. The summed E-state index contributed by atoms with van der Waals surface area (Å²) in [4.78, 5) is 14.3. The van der Waals surface area contributed by atoms with Crippen molar-refractivity contribution in [2.75, 3.05) is 30.4 Å². The van der Waals surface area contributed by atoms with E-state index in [9.17, 15) is 4.79 Å². The molecule has 6 heteroatoms. The van der Waals surface area contributed by atoms with Crippen molar-refractivity contribution < 1.29 is 4.79 Å². The van der Waals surface area contributed by atoms with Crippen molar-refractivity contribution in [3.05, 3.63) is 57.6 Å². The molecule has 4 nitrogen and oxygen atoms in total. The molecule has 1 aliphatic rings. The van der Waals surface area contributed by atoms with Crippen LogP contribution in [0.4, 0.5) is 16.2 Å². The minimum atomic E-state index is -0.254. The number of carbonyl (C=O) groups is 1. The third-order valence-corrected chi connectivity index (χ3v) is 5.11. The first-order chi connectivity index (χ1) is 12.0. The predicted molar refractivity (Wildman–Crippen MR) is 105 cm³/mol. The fourth-order valence-corrected chi connectivity index (χ4v) is 3.36. The molecule has 0 aromatic heterocycles. The normalized spacial score (nSPS) is 13.3. The van der Waals surface area contributed by atoms with E-state index in [2.05, 4.69) is 40.8 Å². The van der Waals surface area contributed by atoms with Gasteiger partial charge in [-0.15, -0.1) is 0 Å². The molecule has 1 heterocycles. The van der Waals surface area contributed by atoms with Crippen LogP contribution in [-0.2, 0) is 12.8 Å². The molecule has 0 aliphatic carbocycles. The largest absolute Gasteiger partial charge is 0.374 e. The molecule has 0 saturated heterocycles. The Kier molecular flexibility index (Phi) is 5.71. The first-order valence-corrected chi connectivity index (χ1v) is 9.11. The standard InChI is InChI=1S/C19H21Cl2N3O/c1-24-10-2-3-14-11-13(4-7-18(14)24)8-9-22-19(25)23-15-5-6-16(20)17(21)12-15/h4-7,11-12H,2-3,8-10H2,1H3,(H2,22,23,25). The highest BCUT2D eigenvalue weighted by atomic mass is 35.5.